The Kier molecular flexibility index (Phi) is 7.42. The van der Waals surface area contributed by atoms with Crippen LogP contribution in [0, 0.1) is 18.8 Å². The Bertz CT molecular complexity index is 1520. The molecule has 40 heavy (non-hydrogen) atoms. The highest BCUT2D eigenvalue weighted by atomic mass is 16.5. The predicted molar refractivity (Wildman–Crippen MR) is 157 cm³/mol. The van der Waals surface area contributed by atoms with E-state index in [1.807, 2.05) is 14.0 Å². The van der Waals surface area contributed by atoms with Crippen LogP contribution in [0.5, 0.6) is 5.88 Å². The molecule has 1 unspecified atom stereocenters. The Morgan fingerprint density at radius 2 is 2.00 bits per heavy atom. The number of fused-ring (bicyclic) bond motifs is 7. The minimum Gasteiger partial charge on any atom is -0.477 e. The highest BCUT2D eigenvalue weighted by molar-refractivity contribution is 6.05. The Morgan fingerprint density at radius 3 is 2.83 bits per heavy atom. The number of aromatic nitrogens is 5. The van der Waals surface area contributed by atoms with Crippen LogP contribution < -0.4 is 21.1 Å². The van der Waals surface area contributed by atoms with Gasteiger partial charge in [0.1, 0.15) is 0 Å². The second kappa shape index (κ2) is 11.3. The van der Waals surface area contributed by atoms with Crippen LogP contribution in [0.4, 0.5) is 11.6 Å². The first-order valence-corrected chi connectivity index (χ1v) is 14.4. The van der Waals surface area contributed by atoms with Gasteiger partial charge in [0.05, 0.1) is 35.1 Å². The number of rotatable bonds is 6. The third-order valence-corrected chi connectivity index (χ3v) is 7.97. The topological polar surface area (TPSA) is 125 Å². The number of pyridine rings is 1. The lowest BCUT2D eigenvalue weighted by Crippen LogP contribution is -2.20. The van der Waals surface area contributed by atoms with E-state index in [1.54, 1.807) is 23.0 Å². The number of hydrogen-bond donors (Lipinski definition) is 3. The molecule has 1 fully saturated rings. The number of aryl methyl sites for hydroxylation is 2. The Morgan fingerprint density at radius 1 is 1.12 bits per heavy atom. The molecule has 1 aliphatic carbocycles. The standard InChI is InChI=1S/C30H38N8O2/c1-19-14-22-15-25(34-19)24-17-33-37(2)29(24)40-13-5-6-21(20-7-8-20)18-38-27-10-9-23(32-12-4-3-11-31)16-26(27)35-30(38)36-28(22)39/h9-10,14-17,20-21,32H,3-8,11-13,18,31H2,1-2H3,(H,35,36,39). The van der Waals surface area contributed by atoms with Gasteiger partial charge in [-0.05, 0) is 94.2 Å². The Balaban J connectivity index is 1.38. The molecule has 1 amide bonds. The first kappa shape index (κ1) is 26.3. The van der Waals surface area contributed by atoms with Gasteiger partial charge in [0.2, 0.25) is 11.8 Å². The predicted octanol–water partition coefficient (Wildman–Crippen LogP) is 4.74. The van der Waals surface area contributed by atoms with E-state index in [0.717, 1.165) is 66.8 Å². The van der Waals surface area contributed by atoms with Gasteiger partial charge in [0, 0.05) is 37.1 Å². The number of nitrogens with two attached hydrogens (primary N) is 1. The van der Waals surface area contributed by atoms with Gasteiger partial charge in [0.25, 0.3) is 5.91 Å². The second-order valence-corrected chi connectivity index (χ2v) is 11.1. The quantitative estimate of drug-likeness (QED) is 0.301. The van der Waals surface area contributed by atoms with Gasteiger partial charge in [-0.1, -0.05) is 0 Å². The smallest absolute Gasteiger partial charge is 0.258 e. The SMILES string of the molecule is Cc1cc2cc(n1)-c1cnn(C)c1OCCCC(C1CC1)Cn1c(nc3cc(NCCCCN)ccc31)NC2=O. The van der Waals surface area contributed by atoms with Crippen molar-refractivity contribution in [3.05, 3.63) is 47.8 Å². The average Bonchev–Trinajstić information content (AvgIpc) is 3.65. The largest absolute Gasteiger partial charge is 0.477 e. The number of benzene rings is 1. The summed E-state index contributed by atoms with van der Waals surface area (Å²) in [7, 11) is 1.87. The summed E-state index contributed by atoms with van der Waals surface area (Å²) in [6.45, 7) is 4.86. The van der Waals surface area contributed by atoms with Crippen LogP contribution >= 0.6 is 0 Å². The molecule has 10 nitrogen and oxygen atoms in total. The van der Waals surface area contributed by atoms with E-state index in [4.69, 9.17) is 20.4 Å². The van der Waals surface area contributed by atoms with E-state index in [-0.39, 0.29) is 5.91 Å². The summed E-state index contributed by atoms with van der Waals surface area (Å²) in [4.78, 5) is 23.3. The fourth-order valence-corrected chi connectivity index (χ4v) is 5.70. The second-order valence-electron chi connectivity index (χ2n) is 11.1. The summed E-state index contributed by atoms with van der Waals surface area (Å²) in [6.07, 6.45) is 8.24. The fourth-order valence-electron chi connectivity index (χ4n) is 5.70. The molecule has 3 aromatic heterocycles. The molecule has 1 aromatic carbocycles. The number of nitrogens with zero attached hydrogens (tertiary/aromatic N) is 5. The van der Waals surface area contributed by atoms with Crippen molar-refractivity contribution in [1.82, 2.24) is 24.3 Å². The molecule has 10 heteroatoms. The molecule has 2 aliphatic rings. The first-order valence-electron chi connectivity index (χ1n) is 14.4. The van der Waals surface area contributed by atoms with Crippen LogP contribution in [-0.2, 0) is 13.6 Å². The third kappa shape index (κ3) is 5.54. The van der Waals surface area contributed by atoms with Crippen molar-refractivity contribution < 1.29 is 9.53 Å². The van der Waals surface area contributed by atoms with Crippen LogP contribution in [0.25, 0.3) is 22.3 Å². The third-order valence-electron chi connectivity index (χ3n) is 7.97. The van der Waals surface area contributed by atoms with Crippen molar-refractivity contribution >= 4 is 28.6 Å². The maximum atomic E-state index is 13.7. The van der Waals surface area contributed by atoms with Gasteiger partial charge < -0.3 is 20.4 Å². The number of carbonyl (C=O) groups excluding carboxylic acids is 1. The number of anilines is 2. The van der Waals surface area contributed by atoms with E-state index in [9.17, 15) is 4.79 Å². The molecule has 0 spiro atoms. The van der Waals surface area contributed by atoms with Gasteiger partial charge in [0.15, 0.2) is 0 Å². The van der Waals surface area contributed by atoms with Crippen LogP contribution in [0.2, 0.25) is 0 Å². The van der Waals surface area contributed by atoms with Crippen LogP contribution in [0.1, 0.15) is 54.6 Å². The molecule has 1 saturated carbocycles. The zero-order chi connectivity index (χ0) is 27.6. The molecule has 1 aliphatic heterocycles. The Labute approximate surface area is 234 Å². The summed E-state index contributed by atoms with van der Waals surface area (Å²) in [5, 5.41) is 11.0. The molecule has 0 radical (unpaired) electrons. The molecule has 210 valence electrons. The lowest BCUT2D eigenvalue weighted by atomic mass is 9.97. The molecule has 4 aromatic rings. The van der Waals surface area contributed by atoms with E-state index < -0.39 is 0 Å². The van der Waals surface area contributed by atoms with E-state index in [1.165, 1.54) is 12.8 Å². The van der Waals surface area contributed by atoms with E-state index in [0.29, 0.717) is 48.1 Å². The highest BCUT2D eigenvalue weighted by Gasteiger charge is 2.32. The average molecular weight is 543 g/mol. The summed E-state index contributed by atoms with van der Waals surface area (Å²) < 4.78 is 10.2. The van der Waals surface area contributed by atoms with Gasteiger partial charge in [-0.25, -0.2) is 9.67 Å². The summed E-state index contributed by atoms with van der Waals surface area (Å²) in [5.41, 5.74) is 11.3. The van der Waals surface area contributed by atoms with Crippen LogP contribution in [0.15, 0.2) is 36.5 Å². The van der Waals surface area contributed by atoms with Gasteiger partial charge in [-0.3, -0.25) is 15.1 Å². The zero-order valence-electron chi connectivity index (χ0n) is 23.3. The number of nitrogens with one attached hydrogen (secondary N) is 2. The van der Waals surface area contributed by atoms with Crippen molar-refractivity contribution in [1.29, 1.82) is 0 Å². The number of imidazole rings is 1. The number of unbranched alkanes of at least 4 members (excludes halogenated alkanes) is 1. The van der Waals surface area contributed by atoms with E-state index in [2.05, 4.69) is 38.5 Å². The summed E-state index contributed by atoms with van der Waals surface area (Å²) in [6, 6.07) is 9.89. The van der Waals surface area contributed by atoms with Crippen molar-refractivity contribution in [2.45, 2.75) is 52.0 Å². The van der Waals surface area contributed by atoms with Crippen LogP contribution in [0.3, 0.4) is 0 Å². The van der Waals surface area contributed by atoms with Gasteiger partial charge in [-0.2, -0.15) is 5.10 Å². The maximum absolute atomic E-state index is 13.7. The summed E-state index contributed by atoms with van der Waals surface area (Å²) in [5.74, 6) is 2.21. The molecule has 2 bridgehead atoms. The minimum atomic E-state index is -0.215. The van der Waals surface area contributed by atoms with Crippen molar-refractivity contribution in [2.24, 2.45) is 24.6 Å². The van der Waals surface area contributed by atoms with Gasteiger partial charge in [-0.15, -0.1) is 0 Å². The molecule has 1 atom stereocenters. The molecular weight excluding hydrogens is 504 g/mol. The number of amides is 1. The maximum Gasteiger partial charge on any atom is 0.258 e. The lowest BCUT2D eigenvalue weighted by Gasteiger charge is -2.19. The molecule has 6 rings (SSSR count). The fraction of sp³-hybridized carbons (Fsp3) is 0.467. The monoisotopic (exact) mass is 542 g/mol. The van der Waals surface area contributed by atoms with Crippen molar-refractivity contribution in [3.63, 3.8) is 0 Å². The van der Waals surface area contributed by atoms with Crippen LogP contribution in [-0.4, -0.2) is 49.9 Å². The number of carbonyl (C=O) groups is 1. The van der Waals surface area contributed by atoms with Crippen molar-refractivity contribution in [3.8, 4) is 17.1 Å². The Hall–Kier alpha value is -3.92. The van der Waals surface area contributed by atoms with Crippen molar-refractivity contribution in [2.75, 3.05) is 30.3 Å². The highest BCUT2D eigenvalue weighted by Crippen LogP contribution is 2.41. The minimum absolute atomic E-state index is 0.215. The molecule has 4 heterocycles. The summed E-state index contributed by atoms with van der Waals surface area (Å²) >= 11 is 0. The number of ether oxygens (including phenoxy) is 1. The molecular formula is C30H38N8O2. The first-order chi connectivity index (χ1) is 19.5. The normalized spacial score (nSPS) is 17.8. The van der Waals surface area contributed by atoms with E-state index >= 15 is 0 Å². The van der Waals surface area contributed by atoms with Gasteiger partial charge >= 0.3 is 0 Å². The zero-order valence-corrected chi connectivity index (χ0v) is 23.3. The molecule has 0 saturated heterocycles. The number of hydrogen-bond acceptors (Lipinski definition) is 7. The lowest BCUT2D eigenvalue weighted by molar-refractivity contribution is 0.102. The molecule has 4 N–H and O–H groups in total.